The molecule has 2 N–H and O–H groups in total. The molecule has 0 bridgehead atoms. The monoisotopic (exact) mass is 471 g/mol. The van der Waals surface area contributed by atoms with E-state index in [9.17, 15) is 32.7 Å². The summed E-state index contributed by atoms with van der Waals surface area (Å²) < 4.78 is 46.2. The second-order valence-corrected chi connectivity index (χ2v) is 7.35. The molecular weight excluding hydrogens is 443 g/mol. The molecule has 1 aromatic rings. The zero-order valence-corrected chi connectivity index (χ0v) is 18.8. The van der Waals surface area contributed by atoms with Crippen molar-refractivity contribution in [2.45, 2.75) is 58.5 Å². The third-order valence-corrected chi connectivity index (χ3v) is 4.51. The van der Waals surface area contributed by atoms with Crippen LogP contribution in [0.2, 0.25) is 0 Å². The van der Waals surface area contributed by atoms with Crippen molar-refractivity contribution in [1.29, 1.82) is 0 Å². The second kappa shape index (κ2) is 13.3. The highest BCUT2D eigenvalue weighted by atomic mass is 19.4. The van der Waals surface area contributed by atoms with Crippen molar-refractivity contribution in [2.24, 2.45) is 0 Å². The Labute approximate surface area is 189 Å². The Balaban J connectivity index is 2.74. The number of aromatic hydroxyl groups is 1. The van der Waals surface area contributed by atoms with Gasteiger partial charge in [0.1, 0.15) is 17.1 Å². The fourth-order valence-electron chi connectivity index (χ4n) is 2.72. The summed E-state index contributed by atoms with van der Waals surface area (Å²) in [6.45, 7) is 3.08. The molecule has 0 aliphatic heterocycles. The Hall–Kier alpha value is -3.30. The molecule has 33 heavy (non-hydrogen) atoms. The molecule has 1 aromatic heterocycles. The van der Waals surface area contributed by atoms with Crippen LogP contribution >= 0.6 is 0 Å². The normalized spacial score (nSPS) is 12.8. The van der Waals surface area contributed by atoms with E-state index in [0.29, 0.717) is 24.8 Å². The van der Waals surface area contributed by atoms with Crippen LogP contribution in [-0.2, 0) is 11.2 Å². The minimum absolute atomic E-state index is 0.0594. The standard InChI is InChI=1S/C23H28F3NO6/c1-15(8-7-12-23(24,25)26)10-11-16(2)20(29)19-18(28)14-17(33-21(19)30)9-5-4-6-13-27-22(31)32-3/h6,10-11,13-14,28H,4-5,7-9,12H2,1-3H3,(H,27,31)/b13-6+,15-10+,16-11+. The van der Waals surface area contributed by atoms with Crippen molar-refractivity contribution in [3.05, 3.63) is 63.4 Å². The number of ether oxygens (including phenoxy) is 1. The van der Waals surface area contributed by atoms with Gasteiger partial charge in [0.15, 0.2) is 5.78 Å². The first kappa shape index (κ1) is 27.7. The zero-order valence-electron chi connectivity index (χ0n) is 18.8. The number of carbonyl (C=O) groups excluding carboxylic acids is 2. The Morgan fingerprint density at radius 1 is 1.21 bits per heavy atom. The summed E-state index contributed by atoms with van der Waals surface area (Å²) in [5.74, 6) is -1.04. The number of halogens is 3. The Morgan fingerprint density at radius 2 is 1.91 bits per heavy atom. The van der Waals surface area contributed by atoms with Gasteiger partial charge in [-0.25, -0.2) is 9.59 Å². The topological polar surface area (TPSA) is 106 Å². The van der Waals surface area contributed by atoms with Gasteiger partial charge in [-0.05, 0) is 45.1 Å². The van der Waals surface area contributed by atoms with Crippen LogP contribution in [0.4, 0.5) is 18.0 Å². The number of rotatable bonds is 11. The van der Waals surface area contributed by atoms with E-state index < -0.39 is 41.4 Å². The van der Waals surface area contributed by atoms with Crippen molar-refractivity contribution in [1.82, 2.24) is 5.32 Å². The first-order chi connectivity index (χ1) is 15.4. The van der Waals surface area contributed by atoms with Gasteiger partial charge >= 0.3 is 17.9 Å². The molecule has 1 amide bonds. The molecule has 0 aliphatic rings. The van der Waals surface area contributed by atoms with Gasteiger partial charge in [-0.2, -0.15) is 13.2 Å². The summed E-state index contributed by atoms with van der Waals surface area (Å²) in [6, 6.07) is 1.20. The Morgan fingerprint density at radius 3 is 2.52 bits per heavy atom. The van der Waals surface area contributed by atoms with Crippen molar-refractivity contribution < 1.29 is 37.0 Å². The van der Waals surface area contributed by atoms with Gasteiger partial charge in [0.05, 0.1) is 7.11 Å². The third kappa shape index (κ3) is 10.7. The Bertz CT molecular complexity index is 973. The average molecular weight is 471 g/mol. The first-order valence-corrected chi connectivity index (χ1v) is 10.3. The number of aryl methyl sites for hydroxylation is 1. The van der Waals surface area contributed by atoms with Crippen molar-refractivity contribution in [2.75, 3.05) is 7.11 Å². The zero-order chi connectivity index (χ0) is 25.0. The van der Waals surface area contributed by atoms with Gasteiger partial charge in [0.25, 0.3) is 0 Å². The molecule has 1 rings (SSSR count). The van der Waals surface area contributed by atoms with Crippen LogP contribution in [-0.4, -0.2) is 30.3 Å². The van der Waals surface area contributed by atoms with Gasteiger partial charge in [0, 0.05) is 25.1 Å². The first-order valence-electron chi connectivity index (χ1n) is 10.3. The summed E-state index contributed by atoms with van der Waals surface area (Å²) in [4.78, 5) is 35.7. The summed E-state index contributed by atoms with van der Waals surface area (Å²) in [5, 5.41) is 12.6. The lowest BCUT2D eigenvalue weighted by Gasteiger charge is -2.06. The van der Waals surface area contributed by atoms with Gasteiger partial charge in [-0.1, -0.05) is 23.8 Å². The minimum atomic E-state index is -4.21. The number of carbonyl (C=O) groups is 2. The van der Waals surface area contributed by atoms with Gasteiger partial charge < -0.3 is 14.3 Å². The smallest absolute Gasteiger partial charge is 0.410 e. The number of amides is 1. The van der Waals surface area contributed by atoms with Crippen LogP contribution < -0.4 is 10.9 Å². The number of alkyl carbamates (subject to hydrolysis) is 1. The number of hydrogen-bond donors (Lipinski definition) is 2. The number of methoxy groups -OCH3 is 1. The Kier molecular flexibility index (Phi) is 11.2. The quantitative estimate of drug-likeness (QED) is 0.195. The molecule has 0 radical (unpaired) electrons. The van der Waals surface area contributed by atoms with E-state index in [1.807, 2.05) is 0 Å². The number of ketones is 1. The van der Waals surface area contributed by atoms with Crippen LogP contribution in [0.25, 0.3) is 0 Å². The van der Waals surface area contributed by atoms with Crippen molar-refractivity contribution >= 4 is 11.9 Å². The van der Waals surface area contributed by atoms with Crippen LogP contribution in [0.3, 0.4) is 0 Å². The molecule has 0 saturated heterocycles. The van der Waals surface area contributed by atoms with E-state index in [2.05, 4.69) is 10.1 Å². The maximum atomic E-state index is 12.5. The molecule has 0 spiro atoms. The maximum Gasteiger partial charge on any atom is 0.410 e. The fraction of sp³-hybridized carbons (Fsp3) is 0.435. The highest BCUT2D eigenvalue weighted by molar-refractivity contribution is 6.09. The molecule has 0 saturated carbocycles. The van der Waals surface area contributed by atoms with E-state index in [1.165, 1.54) is 38.5 Å². The van der Waals surface area contributed by atoms with Gasteiger partial charge in [-0.3, -0.25) is 10.1 Å². The van der Waals surface area contributed by atoms with Crippen LogP contribution in [0, 0.1) is 0 Å². The summed E-state index contributed by atoms with van der Waals surface area (Å²) in [7, 11) is 1.24. The van der Waals surface area contributed by atoms with Gasteiger partial charge in [-0.15, -0.1) is 0 Å². The van der Waals surface area contributed by atoms with Crippen molar-refractivity contribution in [3.63, 3.8) is 0 Å². The predicted molar refractivity (Wildman–Crippen MR) is 116 cm³/mol. The molecule has 10 heteroatoms. The third-order valence-electron chi connectivity index (χ3n) is 4.51. The van der Waals surface area contributed by atoms with Crippen LogP contribution in [0.15, 0.2) is 50.9 Å². The SMILES string of the molecule is COC(=O)N/C=C/CCCc1cc(O)c(C(=O)/C(C)=C/C=C(\C)CCCC(F)(F)F)c(=O)o1. The largest absolute Gasteiger partial charge is 0.507 e. The lowest BCUT2D eigenvalue weighted by atomic mass is 10.0. The number of hydrogen-bond acceptors (Lipinski definition) is 6. The van der Waals surface area contributed by atoms with Crippen LogP contribution in [0.5, 0.6) is 5.75 Å². The van der Waals surface area contributed by atoms with Crippen molar-refractivity contribution in [3.8, 4) is 5.75 Å². The molecule has 182 valence electrons. The number of Topliss-reactive ketones (excluding diaryl/α,β-unsaturated/α-hetero) is 1. The van der Waals surface area contributed by atoms with E-state index in [4.69, 9.17) is 4.42 Å². The van der Waals surface area contributed by atoms with E-state index in [1.54, 1.807) is 13.0 Å². The molecule has 0 atom stereocenters. The maximum absolute atomic E-state index is 12.5. The lowest BCUT2D eigenvalue weighted by Crippen LogP contribution is -2.16. The van der Waals surface area contributed by atoms with E-state index >= 15 is 0 Å². The average Bonchev–Trinajstić information content (AvgIpc) is 2.72. The summed E-state index contributed by atoms with van der Waals surface area (Å²) in [5.41, 5.74) is -0.702. The molecule has 0 aromatic carbocycles. The minimum Gasteiger partial charge on any atom is -0.507 e. The van der Waals surface area contributed by atoms with E-state index in [0.717, 1.165) is 0 Å². The second-order valence-electron chi connectivity index (χ2n) is 7.35. The predicted octanol–water partition coefficient (Wildman–Crippen LogP) is 5.35. The number of nitrogens with one attached hydrogen (secondary N) is 1. The fourth-order valence-corrected chi connectivity index (χ4v) is 2.72. The summed E-state index contributed by atoms with van der Waals surface area (Å²) >= 11 is 0. The molecule has 0 aliphatic carbocycles. The lowest BCUT2D eigenvalue weighted by molar-refractivity contribution is -0.135. The number of unbranched alkanes of at least 4 members (excludes halogenated alkanes) is 1. The highest BCUT2D eigenvalue weighted by Crippen LogP contribution is 2.24. The van der Waals surface area contributed by atoms with E-state index in [-0.39, 0.29) is 24.2 Å². The molecule has 0 unspecified atom stereocenters. The number of alkyl halides is 3. The highest BCUT2D eigenvalue weighted by Gasteiger charge is 2.26. The molecule has 0 fully saturated rings. The molecule has 1 heterocycles. The van der Waals surface area contributed by atoms with Crippen LogP contribution in [0.1, 0.15) is 62.1 Å². The van der Waals surface area contributed by atoms with Gasteiger partial charge in [0.2, 0.25) is 0 Å². The number of allylic oxidation sites excluding steroid dienone is 5. The summed E-state index contributed by atoms with van der Waals surface area (Å²) in [6.07, 6.45) is 1.88. The molecular formula is C23H28F3NO6. The molecule has 7 nitrogen and oxygen atoms in total.